The smallest absolute Gasteiger partial charge is 0.140 e. The van der Waals surface area contributed by atoms with Crippen molar-refractivity contribution in [2.24, 2.45) is 11.0 Å². The van der Waals surface area contributed by atoms with Gasteiger partial charge < -0.3 is 15.6 Å². The van der Waals surface area contributed by atoms with Crippen molar-refractivity contribution in [1.82, 2.24) is 4.98 Å². The predicted molar refractivity (Wildman–Crippen MR) is 57.0 cm³/mol. The highest BCUT2D eigenvalue weighted by molar-refractivity contribution is 5.34. The number of nitrogens with two attached hydrogens (primary N) is 1. The minimum absolute atomic E-state index is 0.223. The molecule has 16 heavy (non-hydrogen) atoms. The van der Waals surface area contributed by atoms with E-state index in [-0.39, 0.29) is 12.2 Å². The van der Waals surface area contributed by atoms with E-state index in [9.17, 15) is 10.2 Å². The number of anilines is 1. The standard InChI is InChI=1S/C8H12N6O2/c9-13-7-3-1-2-5(12-7)8(16)6(15)4-11-14-10/h1-3,6,8,15-16H,4,9H2,(H,12,13). The fourth-order valence-corrected chi connectivity index (χ4v) is 1.11. The van der Waals surface area contributed by atoms with E-state index in [1.807, 2.05) is 0 Å². The first-order chi connectivity index (χ1) is 7.69. The first-order valence-corrected chi connectivity index (χ1v) is 4.49. The number of hydrogen-bond acceptors (Lipinski definition) is 6. The molecule has 0 aromatic carbocycles. The molecule has 0 radical (unpaired) electrons. The first-order valence-electron chi connectivity index (χ1n) is 4.49. The lowest BCUT2D eigenvalue weighted by Gasteiger charge is -2.15. The van der Waals surface area contributed by atoms with Crippen molar-refractivity contribution in [3.05, 3.63) is 34.3 Å². The van der Waals surface area contributed by atoms with Gasteiger partial charge in [-0.3, -0.25) is 0 Å². The third-order valence-electron chi connectivity index (χ3n) is 1.92. The lowest BCUT2D eigenvalue weighted by Crippen LogP contribution is -2.22. The van der Waals surface area contributed by atoms with Crippen LogP contribution in [0.2, 0.25) is 0 Å². The highest BCUT2D eigenvalue weighted by Gasteiger charge is 2.18. The summed E-state index contributed by atoms with van der Waals surface area (Å²) in [5.41, 5.74) is 10.6. The third kappa shape index (κ3) is 3.07. The zero-order valence-electron chi connectivity index (χ0n) is 8.35. The SMILES string of the molecule is [N-]=[N+]=NCC(O)C(O)c1cccc(NN)n1. The van der Waals surface area contributed by atoms with Gasteiger partial charge in [0.2, 0.25) is 0 Å². The number of nitrogens with zero attached hydrogens (tertiary/aromatic N) is 4. The van der Waals surface area contributed by atoms with Crippen molar-refractivity contribution >= 4 is 5.82 Å². The van der Waals surface area contributed by atoms with Gasteiger partial charge in [0.1, 0.15) is 11.9 Å². The van der Waals surface area contributed by atoms with Gasteiger partial charge in [-0.1, -0.05) is 11.2 Å². The first kappa shape index (κ1) is 12.2. The second-order valence-corrected chi connectivity index (χ2v) is 3.02. The maximum Gasteiger partial charge on any atom is 0.140 e. The number of azide groups is 1. The second-order valence-electron chi connectivity index (χ2n) is 3.02. The summed E-state index contributed by atoms with van der Waals surface area (Å²) in [7, 11) is 0. The predicted octanol–water partition coefficient (Wildman–Crippen LogP) is 0.0718. The van der Waals surface area contributed by atoms with E-state index in [1.54, 1.807) is 12.1 Å². The number of rotatable bonds is 5. The Morgan fingerprint density at radius 1 is 1.56 bits per heavy atom. The molecule has 0 saturated heterocycles. The molecule has 0 spiro atoms. The molecule has 1 heterocycles. The minimum atomic E-state index is -1.22. The van der Waals surface area contributed by atoms with Crippen LogP contribution in [0, 0.1) is 0 Å². The Kier molecular flexibility index (Phi) is 4.49. The van der Waals surface area contributed by atoms with Gasteiger partial charge in [0.25, 0.3) is 0 Å². The van der Waals surface area contributed by atoms with Crippen LogP contribution in [0.3, 0.4) is 0 Å². The van der Waals surface area contributed by atoms with Gasteiger partial charge in [-0.15, -0.1) is 0 Å². The van der Waals surface area contributed by atoms with Crippen molar-refractivity contribution in [2.45, 2.75) is 12.2 Å². The maximum atomic E-state index is 9.67. The highest BCUT2D eigenvalue weighted by atomic mass is 16.3. The number of nitrogen functional groups attached to an aromatic ring is 1. The molecular formula is C8H12N6O2. The van der Waals surface area contributed by atoms with Gasteiger partial charge in [0.15, 0.2) is 0 Å². The van der Waals surface area contributed by atoms with Crippen LogP contribution in [-0.4, -0.2) is 27.8 Å². The molecule has 0 bridgehead atoms. The van der Waals surface area contributed by atoms with Crippen LogP contribution in [0.15, 0.2) is 23.3 Å². The lowest BCUT2D eigenvalue weighted by molar-refractivity contribution is 0.0219. The van der Waals surface area contributed by atoms with E-state index in [2.05, 4.69) is 20.4 Å². The molecule has 5 N–H and O–H groups in total. The fourth-order valence-electron chi connectivity index (χ4n) is 1.11. The van der Waals surface area contributed by atoms with E-state index < -0.39 is 12.2 Å². The zero-order valence-corrected chi connectivity index (χ0v) is 8.35. The lowest BCUT2D eigenvalue weighted by atomic mass is 10.1. The topological polar surface area (TPSA) is 140 Å². The molecule has 2 unspecified atom stereocenters. The molecule has 8 nitrogen and oxygen atoms in total. The molecule has 1 rings (SSSR count). The monoisotopic (exact) mass is 224 g/mol. The largest absolute Gasteiger partial charge is 0.390 e. The third-order valence-corrected chi connectivity index (χ3v) is 1.92. The molecule has 1 aromatic rings. The fraction of sp³-hybridized carbons (Fsp3) is 0.375. The van der Waals surface area contributed by atoms with Gasteiger partial charge in [-0.05, 0) is 17.7 Å². The van der Waals surface area contributed by atoms with E-state index in [0.29, 0.717) is 5.82 Å². The van der Waals surface area contributed by atoms with Gasteiger partial charge in [-0.2, -0.15) is 0 Å². The molecule has 2 atom stereocenters. The summed E-state index contributed by atoms with van der Waals surface area (Å²) in [6.45, 7) is -0.223. The van der Waals surface area contributed by atoms with Crippen molar-refractivity contribution in [3.63, 3.8) is 0 Å². The summed E-state index contributed by atoms with van der Waals surface area (Å²) in [4.78, 5) is 6.43. The van der Waals surface area contributed by atoms with Crippen LogP contribution in [0.1, 0.15) is 11.8 Å². The quantitative estimate of drug-likeness (QED) is 0.184. The number of aliphatic hydroxyl groups excluding tert-OH is 2. The van der Waals surface area contributed by atoms with Crippen LogP contribution >= 0.6 is 0 Å². The molecule has 8 heteroatoms. The van der Waals surface area contributed by atoms with Crippen LogP contribution in [0.4, 0.5) is 5.82 Å². The Labute approximate surface area is 91.3 Å². The maximum absolute atomic E-state index is 9.67. The summed E-state index contributed by atoms with van der Waals surface area (Å²) >= 11 is 0. The number of aliphatic hydroxyl groups is 2. The molecule has 0 aliphatic heterocycles. The Bertz CT molecular complexity index is 392. The van der Waals surface area contributed by atoms with Gasteiger partial charge in [0.05, 0.1) is 18.3 Å². The zero-order chi connectivity index (χ0) is 12.0. The Morgan fingerprint density at radius 2 is 2.31 bits per heavy atom. The molecule has 86 valence electrons. The average Bonchev–Trinajstić information content (AvgIpc) is 2.35. The van der Waals surface area contributed by atoms with E-state index in [4.69, 9.17) is 11.4 Å². The normalized spacial score (nSPS) is 13.7. The van der Waals surface area contributed by atoms with Crippen molar-refractivity contribution in [2.75, 3.05) is 12.0 Å². The summed E-state index contributed by atoms with van der Waals surface area (Å²) in [6.07, 6.45) is -2.42. The number of hydrogen-bond donors (Lipinski definition) is 4. The number of aromatic nitrogens is 1. The summed E-state index contributed by atoms with van der Waals surface area (Å²) < 4.78 is 0. The van der Waals surface area contributed by atoms with Crippen molar-refractivity contribution in [3.8, 4) is 0 Å². The highest BCUT2D eigenvalue weighted by Crippen LogP contribution is 2.16. The molecule has 0 fully saturated rings. The van der Waals surface area contributed by atoms with Crippen LogP contribution in [0.5, 0.6) is 0 Å². The number of nitrogens with one attached hydrogen (secondary N) is 1. The Balaban J connectivity index is 2.78. The van der Waals surface area contributed by atoms with E-state index >= 15 is 0 Å². The van der Waals surface area contributed by atoms with Crippen LogP contribution in [-0.2, 0) is 0 Å². The number of pyridine rings is 1. The van der Waals surface area contributed by atoms with E-state index in [1.165, 1.54) is 6.07 Å². The van der Waals surface area contributed by atoms with Crippen LogP contribution < -0.4 is 11.3 Å². The molecular weight excluding hydrogens is 212 g/mol. The Morgan fingerprint density at radius 3 is 2.94 bits per heavy atom. The summed E-state index contributed by atoms with van der Waals surface area (Å²) in [5, 5.41) is 22.3. The Hall–Kier alpha value is -1.86. The molecule has 0 amide bonds. The minimum Gasteiger partial charge on any atom is -0.390 e. The molecule has 0 saturated carbocycles. The van der Waals surface area contributed by atoms with Gasteiger partial charge in [0, 0.05) is 4.91 Å². The van der Waals surface area contributed by atoms with Crippen molar-refractivity contribution < 1.29 is 10.2 Å². The molecule has 0 aliphatic carbocycles. The van der Waals surface area contributed by atoms with Crippen molar-refractivity contribution in [1.29, 1.82) is 0 Å². The average molecular weight is 224 g/mol. The molecule has 1 aromatic heterocycles. The van der Waals surface area contributed by atoms with Gasteiger partial charge >= 0.3 is 0 Å². The summed E-state index contributed by atoms with van der Waals surface area (Å²) in [5.74, 6) is 5.52. The molecule has 0 aliphatic rings. The van der Waals surface area contributed by atoms with Crippen LogP contribution in [0.25, 0.3) is 10.4 Å². The second kappa shape index (κ2) is 5.89. The van der Waals surface area contributed by atoms with E-state index in [0.717, 1.165) is 0 Å². The van der Waals surface area contributed by atoms with Gasteiger partial charge in [-0.25, -0.2) is 10.8 Å². The number of hydrazine groups is 1. The summed E-state index contributed by atoms with van der Waals surface area (Å²) in [6, 6.07) is 4.77.